The number of hydrogen-bond acceptors (Lipinski definition) is 1. The number of hydrogen-bond donors (Lipinski definition) is 1. The van der Waals surface area contributed by atoms with Crippen LogP contribution >= 0.6 is 15.9 Å². The number of urea groups is 1. The van der Waals surface area contributed by atoms with Gasteiger partial charge in [0, 0.05) is 24.6 Å². The van der Waals surface area contributed by atoms with Gasteiger partial charge in [-0.25, -0.2) is 9.18 Å². The second kappa shape index (κ2) is 7.94. The Morgan fingerprint density at radius 2 is 1.86 bits per heavy atom. The number of rotatable bonds is 5. The van der Waals surface area contributed by atoms with Crippen LogP contribution in [0.25, 0.3) is 0 Å². The normalized spacial score (nSPS) is 10.3. The van der Waals surface area contributed by atoms with E-state index < -0.39 is 0 Å². The fourth-order valence-corrected chi connectivity index (χ4v) is 2.56. The molecule has 0 saturated carbocycles. The molecule has 116 valence electrons. The second-order valence-electron chi connectivity index (χ2n) is 5.06. The monoisotopic (exact) mass is 364 g/mol. The van der Waals surface area contributed by atoms with Crippen molar-refractivity contribution < 1.29 is 9.18 Å². The van der Waals surface area contributed by atoms with Crippen LogP contribution in [0.4, 0.5) is 9.18 Å². The molecule has 0 spiro atoms. The molecule has 3 nitrogen and oxygen atoms in total. The van der Waals surface area contributed by atoms with Crippen molar-refractivity contribution >= 4 is 22.0 Å². The van der Waals surface area contributed by atoms with Gasteiger partial charge >= 0.3 is 6.03 Å². The van der Waals surface area contributed by atoms with Gasteiger partial charge in [-0.2, -0.15) is 0 Å². The number of benzene rings is 2. The molecule has 5 heteroatoms. The molecule has 0 fully saturated rings. The van der Waals surface area contributed by atoms with Crippen LogP contribution in [0.5, 0.6) is 0 Å². The molecule has 2 aromatic rings. The third kappa shape index (κ3) is 4.84. The van der Waals surface area contributed by atoms with Gasteiger partial charge in [0.05, 0.1) is 0 Å². The van der Waals surface area contributed by atoms with E-state index >= 15 is 0 Å². The molecule has 2 amide bonds. The van der Waals surface area contributed by atoms with Gasteiger partial charge in [0.15, 0.2) is 0 Å². The fourth-order valence-electron chi connectivity index (χ4n) is 2.08. The molecular weight excluding hydrogens is 347 g/mol. The highest BCUT2D eigenvalue weighted by Crippen LogP contribution is 2.15. The van der Waals surface area contributed by atoms with Gasteiger partial charge in [-0.05, 0) is 35.7 Å². The molecule has 0 heterocycles. The zero-order chi connectivity index (χ0) is 15.9. The standard InChI is InChI=1S/C17H18BrFN2O/c1-21(12-13-6-8-15(19)9-7-13)17(22)20-11-10-14-4-2-3-5-16(14)18/h2-9H,10-12H2,1H3,(H,20,22). The summed E-state index contributed by atoms with van der Waals surface area (Å²) in [6, 6.07) is 14.0. The van der Waals surface area contributed by atoms with E-state index in [0.29, 0.717) is 13.1 Å². The topological polar surface area (TPSA) is 32.3 Å². The van der Waals surface area contributed by atoms with Crippen LogP contribution in [0.3, 0.4) is 0 Å². The molecule has 0 aliphatic heterocycles. The zero-order valence-electron chi connectivity index (χ0n) is 12.4. The summed E-state index contributed by atoms with van der Waals surface area (Å²) in [6.07, 6.45) is 0.761. The SMILES string of the molecule is CN(Cc1ccc(F)cc1)C(=O)NCCc1ccccc1Br. The van der Waals surface area contributed by atoms with Crippen molar-refractivity contribution in [2.24, 2.45) is 0 Å². The fraction of sp³-hybridized carbons (Fsp3) is 0.235. The zero-order valence-corrected chi connectivity index (χ0v) is 13.9. The molecular formula is C17H18BrFN2O. The Balaban J connectivity index is 1.79. The van der Waals surface area contributed by atoms with E-state index in [4.69, 9.17) is 0 Å². The maximum atomic E-state index is 12.8. The number of nitrogens with zero attached hydrogens (tertiary/aromatic N) is 1. The first-order valence-corrected chi connectivity index (χ1v) is 7.82. The Labute approximate surface area is 138 Å². The van der Waals surface area contributed by atoms with Gasteiger partial charge in [-0.1, -0.05) is 46.3 Å². The molecule has 2 rings (SSSR count). The molecule has 0 radical (unpaired) electrons. The Bertz CT molecular complexity index is 631. The summed E-state index contributed by atoms with van der Waals surface area (Å²) in [7, 11) is 1.72. The van der Waals surface area contributed by atoms with Crippen molar-refractivity contribution in [1.29, 1.82) is 0 Å². The van der Waals surface area contributed by atoms with E-state index in [1.165, 1.54) is 12.1 Å². The minimum Gasteiger partial charge on any atom is -0.338 e. The molecule has 0 aromatic heterocycles. The molecule has 0 unspecified atom stereocenters. The number of nitrogens with one attached hydrogen (secondary N) is 1. The summed E-state index contributed by atoms with van der Waals surface area (Å²) in [4.78, 5) is 13.6. The Hall–Kier alpha value is -1.88. The van der Waals surface area contributed by atoms with Gasteiger partial charge < -0.3 is 10.2 Å². The number of halogens is 2. The van der Waals surface area contributed by atoms with E-state index in [-0.39, 0.29) is 11.8 Å². The lowest BCUT2D eigenvalue weighted by Gasteiger charge is -2.18. The minimum absolute atomic E-state index is 0.142. The lowest BCUT2D eigenvalue weighted by Crippen LogP contribution is -2.37. The first kappa shape index (κ1) is 16.5. The van der Waals surface area contributed by atoms with Crippen molar-refractivity contribution in [1.82, 2.24) is 10.2 Å². The molecule has 0 bridgehead atoms. The Morgan fingerprint density at radius 1 is 1.18 bits per heavy atom. The Morgan fingerprint density at radius 3 is 2.55 bits per heavy atom. The van der Waals surface area contributed by atoms with Gasteiger partial charge in [0.25, 0.3) is 0 Å². The first-order chi connectivity index (χ1) is 10.6. The molecule has 22 heavy (non-hydrogen) atoms. The molecule has 1 N–H and O–H groups in total. The van der Waals surface area contributed by atoms with Gasteiger partial charge in [-0.15, -0.1) is 0 Å². The molecule has 0 aliphatic carbocycles. The predicted octanol–water partition coefficient (Wildman–Crippen LogP) is 3.97. The summed E-state index contributed by atoms with van der Waals surface area (Å²) >= 11 is 3.49. The van der Waals surface area contributed by atoms with Crippen molar-refractivity contribution in [2.75, 3.05) is 13.6 Å². The lowest BCUT2D eigenvalue weighted by atomic mass is 10.1. The van der Waals surface area contributed by atoms with Crippen LogP contribution in [0, 0.1) is 5.82 Å². The molecule has 2 aromatic carbocycles. The first-order valence-electron chi connectivity index (χ1n) is 7.03. The number of amides is 2. The van der Waals surface area contributed by atoms with E-state index in [1.54, 1.807) is 24.1 Å². The van der Waals surface area contributed by atoms with Crippen LogP contribution in [-0.4, -0.2) is 24.5 Å². The van der Waals surface area contributed by atoms with Gasteiger partial charge in [-0.3, -0.25) is 0 Å². The van der Waals surface area contributed by atoms with E-state index in [1.807, 2.05) is 24.3 Å². The smallest absolute Gasteiger partial charge is 0.317 e. The van der Waals surface area contributed by atoms with Gasteiger partial charge in [0.2, 0.25) is 0 Å². The summed E-state index contributed by atoms with van der Waals surface area (Å²) in [5, 5.41) is 2.88. The lowest BCUT2D eigenvalue weighted by molar-refractivity contribution is 0.207. The summed E-state index contributed by atoms with van der Waals surface area (Å²) in [5.41, 5.74) is 2.05. The van der Waals surface area contributed by atoms with Crippen LogP contribution < -0.4 is 5.32 Å². The largest absolute Gasteiger partial charge is 0.338 e. The molecule has 0 saturated heterocycles. The average Bonchev–Trinajstić information content (AvgIpc) is 2.51. The third-order valence-corrected chi connectivity index (χ3v) is 4.08. The van der Waals surface area contributed by atoms with E-state index in [2.05, 4.69) is 21.2 Å². The maximum absolute atomic E-state index is 12.8. The summed E-state index contributed by atoms with van der Waals surface area (Å²) in [6.45, 7) is 1.01. The summed E-state index contributed by atoms with van der Waals surface area (Å²) < 4.78 is 13.9. The quantitative estimate of drug-likeness (QED) is 0.855. The average molecular weight is 365 g/mol. The summed E-state index contributed by atoms with van der Waals surface area (Å²) in [5.74, 6) is -0.274. The number of carbonyl (C=O) groups is 1. The third-order valence-electron chi connectivity index (χ3n) is 3.31. The van der Waals surface area contributed by atoms with E-state index in [0.717, 1.165) is 22.0 Å². The highest BCUT2D eigenvalue weighted by molar-refractivity contribution is 9.10. The molecule has 0 aliphatic rings. The minimum atomic E-state index is -0.274. The maximum Gasteiger partial charge on any atom is 0.317 e. The van der Waals surface area contributed by atoms with Gasteiger partial charge in [0.1, 0.15) is 5.82 Å². The van der Waals surface area contributed by atoms with Crippen molar-refractivity contribution in [3.63, 3.8) is 0 Å². The molecule has 0 atom stereocenters. The van der Waals surface area contributed by atoms with Crippen molar-refractivity contribution in [3.8, 4) is 0 Å². The highest BCUT2D eigenvalue weighted by Gasteiger charge is 2.09. The second-order valence-corrected chi connectivity index (χ2v) is 5.91. The van der Waals surface area contributed by atoms with Crippen LogP contribution in [0.15, 0.2) is 53.0 Å². The Kier molecular flexibility index (Phi) is 5.95. The predicted molar refractivity (Wildman–Crippen MR) is 89.1 cm³/mol. The number of carbonyl (C=O) groups excluding carboxylic acids is 1. The van der Waals surface area contributed by atoms with Crippen molar-refractivity contribution in [2.45, 2.75) is 13.0 Å². The highest BCUT2D eigenvalue weighted by atomic mass is 79.9. The van der Waals surface area contributed by atoms with Crippen LogP contribution in [0.2, 0.25) is 0 Å². The van der Waals surface area contributed by atoms with Crippen molar-refractivity contribution in [3.05, 3.63) is 69.9 Å². The van der Waals surface area contributed by atoms with Crippen LogP contribution in [-0.2, 0) is 13.0 Å². The van der Waals surface area contributed by atoms with Crippen LogP contribution in [0.1, 0.15) is 11.1 Å². The van der Waals surface area contributed by atoms with E-state index in [9.17, 15) is 9.18 Å².